The summed E-state index contributed by atoms with van der Waals surface area (Å²) in [6, 6.07) is 0. The van der Waals surface area contributed by atoms with Crippen LogP contribution in [0.5, 0.6) is 0 Å². The lowest BCUT2D eigenvalue weighted by Gasteiger charge is -2.36. The average molecular weight is 255 g/mol. The summed E-state index contributed by atoms with van der Waals surface area (Å²) in [7, 11) is 0. The van der Waals surface area contributed by atoms with E-state index in [0.29, 0.717) is 5.41 Å². The van der Waals surface area contributed by atoms with E-state index in [9.17, 15) is 0 Å². The maximum Gasteiger partial charge on any atom is 0.0600 e. The normalized spacial score (nSPS) is 23.3. The van der Waals surface area contributed by atoms with Crippen molar-refractivity contribution in [2.45, 2.75) is 66.4 Å². The Morgan fingerprint density at radius 3 is 2.33 bits per heavy atom. The molecule has 0 bridgehead atoms. The minimum atomic E-state index is 0.000593. The van der Waals surface area contributed by atoms with E-state index in [1.54, 1.807) is 0 Å². The van der Waals surface area contributed by atoms with Gasteiger partial charge >= 0.3 is 0 Å². The lowest BCUT2D eigenvalue weighted by atomic mass is 9.81. The molecular weight excluding hydrogens is 222 g/mol. The molecule has 0 radical (unpaired) electrons. The molecule has 0 aromatic heterocycles. The van der Waals surface area contributed by atoms with Gasteiger partial charge in [0.1, 0.15) is 0 Å². The minimum absolute atomic E-state index is 0.000593. The quantitative estimate of drug-likeness (QED) is 0.754. The first-order valence-corrected chi connectivity index (χ1v) is 7.52. The molecule has 0 aliphatic carbocycles. The lowest BCUT2D eigenvalue weighted by molar-refractivity contribution is -0.0179. The summed E-state index contributed by atoms with van der Waals surface area (Å²) in [6.07, 6.45) is 4.12. The van der Waals surface area contributed by atoms with Crippen LogP contribution in [0.3, 0.4) is 0 Å². The van der Waals surface area contributed by atoms with Crippen LogP contribution in [0.25, 0.3) is 0 Å². The molecule has 2 heteroatoms. The summed E-state index contributed by atoms with van der Waals surface area (Å²) in [6.45, 7) is 17.9. The molecule has 1 atom stereocenters. The Labute approximate surface area is 114 Å². The molecule has 0 saturated carbocycles. The van der Waals surface area contributed by atoms with Crippen molar-refractivity contribution in [2.24, 2.45) is 11.3 Å². The number of piperidine rings is 1. The van der Waals surface area contributed by atoms with E-state index in [0.717, 1.165) is 19.1 Å². The van der Waals surface area contributed by atoms with Gasteiger partial charge in [-0.25, -0.2) is 0 Å². The first-order chi connectivity index (χ1) is 8.16. The van der Waals surface area contributed by atoms with E-state index in [1.165, 1.54) is 32.4 Å². The SMILES string of the molecule is CC(C)(C)CC1CCCN(CCOC(C)(C)C)C1. The van der Waals surface area contributed by atoms with Crippen molar-refractivity contribution in [1.29, 1.82) is 0 Å². The topological polar surface area (TPSA) is 12.5 Å². The van der Waals surface area contributed by atoms with Gasteiger partial charge in [0, 0.05) is 13.1 Å². The number of hydrogen-bond acceptors (Lipinski definition) is 2. The smallest absolute Gasteiger partial charge is 0.0600 e. The van der Waals surface area contributed by atoms with Gasteiger partial charge in [-0.05, 0) is 57.9 Å². The van der Waals surface area contributed by atoms with Gasteiger partial charge in [0.2, 0.25) is 0 Å². The molecule has 1 unspecified atom stereocenters. The zero-order chi connectivity index (χ0) is 13.8. The maximum atomic E-state index is 5.83. The summed E-state index contributed by atoms with van der Waals surface area (Å²) < 4.78 is 5.83. The summed E-state index contributed by atoms with van der Waals surface area (Å²) in [5.41, 5.74) is 0.468. The van der Waals surface area contributed by atoms with Gasteiger partial charge in [0.15, 0.2) is 0 Å². The second kappa shape index (κ2) is 6.38. The van der Waals surface area contributed by atoms with E-state index in [1.807, 2.05) is 0 Å². The third kappa shape index (κ3) is 7.38. The first-order valence-electron chi connectivity index (χ1n) is 7.52. The summed E-state index contributed by atoms with van der Waals surface area (Å²) in [5.74, 6) is 0.883. The van der Waals surface area contributed by atoms with Crippen LogP contribution >= 0.6 is 0 Å². The van der Waals surface area contributed by atoms with Crippen molar-refractivity contribution in [3.05, 3.63) is 0 Å². The molecule has 0 amide bonds. The van der Waals surface area contributed by atoms with Crippen LogP contribution < -0.4 is 0 Å². The monoisotopic (exact) mass is 255 g/mol. The molecule has 1 heterocycles. The Kier molecular flexibility index (Phi) is 5.67. The van der Waals surface area contributed by atoms with Gasteiger partial charge in [0.05, 0.1) is 12.2 Å². The molecule has 1 rings (SSSR count). The summed E-state index contributed by atoms with van der Waals surface area (Å²) >= 11 is 0. The van der Waals surface area contributed by atoms with Crippen LogP contribution in [0.2, 0.25) is 0 Å². The van der Waals surface area contributed by atoms with Gasteiger partial charge in [-0.1, -0.05) is 20.8 Å². The molecular formula is C16H33NO. The van der Waals surface area contributed by atoms with Gasteiger partial charge in [-0.15, -0.1) is 0 Å². The molecule has 108 valence electrons. The number of hydrogen-bond donors (Lipinski definition) is 0. The number of rotatable bonds is 4. The molecule has 2 nitrogen and oxygen atoms in total. The second-order valence-corrected chi connectivity index (χ2v) is 8.03. The van der Waals surface area contributed by atoms with Gasteiger partial charge in [0.25, 0.3) is 0 Å². The van der Waals surface area contributed by atoms with E-state index in [4.69, 9.17) is 4.74 Å². The van der Waals surface area contributed by atoms with Crippen LogP contribution in [-0.2, 0) is 4.74 Å². The van der Waals surface area contributed by atoms with Crippen molar-refractivity contribution in [2.75, 3.05) is 26.2 Å². The second-order valence-electron chi connectivity index (χ2n) is 8.03. The average Bonchev–Trinajstić information content (AvgIpc) is 2.13. The standard InChI is InChI=1S/C16H33NO/c1-15(2,3)12-14-8-7-9-17(13-14)10-11-18-16(4,5)6/h14H,7-13H2,1-6H3. The molecule has 1 aliphatic rings. The highest BCUT2D eigenvalue weighted by atomic mass is 16.5. The fourth-order valence-corrected chi connectivity index (χ4v) is 2.87. The van der Waals surface area contributed by atoms with Crippen LogP contribution in [0.4, 0.5) is 0 Å². The molecule has 1 fully saturated rings. The van der Waals surface area contributed by atoms with Crippen LogP contribution in [-0.4, -0.2) is 36.7 Å². The van der Waals surface area contributed by atoms with Crippen LogP contribution in [0.15, 0.2) is 0 Å². The molecule has 1 aliphatic heterocycles. The zero-order valence-electron chi connectivity index (χ0n) is 13.4. The van der Waals surface area contributed by atoms with E-state index in [-0.39, 0.29) is 5.60 Å². The highest BCUT2D eigenvalue weighted by Gasteiger charge is 2.24. The van der Waals surface area contributed by atoms with Crippen LogP contribution in [0, 0.1) is 11.3 Å². The van der Waals surface area contributed by atoms with Crippen molar-refractivity contribution >= 4 is 0 Å². The Morgan fingerprint density at radius 1 is 1.11 bits per heavy atom. The summed E-state index contributed by atoms with van der Waals surface area (Å²) in [5, 5.41) is 0. The van der Waals surface area contributed by atoms with Crippen molar-refractivity contribution < 1.29 is 4.74 Å². The lowest BCUT2D eigenvalue weighted by Crippen LogP contribution is -2.39. The van der Waals surface area contributed by atoms with Crippen molar-refractivity contribution in [3.8, 4) is 0 Å². The Balaban J connectivity index is 2.27. The summed E-state index contributed by atoms with van der Waals surface area (Å²) in [4.78, 5) is 2.59. The first kappa shape index (κ1) is 16.0. The van der Waals surface area contributed by atoms with Gasteiger partial charge < -0.3 is 9.64 Å². The molecule has 1 saturated heterocycles. The predicted molar refractivity (Wildman–Crippen MR) is 78.9 cm³/mol. The molecule has 18 heavy (non-hydrogen) atoms. The number of likely N-dealkylation sites (tertiary alicyclic amines) is 1. The van der Waals surface area contributed by atoms with E-state index < -0.39 is 0 Å². The highest BCUT2D eigenvalue weighted by Crippen LogP contribution is 2.29. The predicted octanol–water partition coefficient (Wildman–Crippen LogP) is 3.95. The van der Waals surface area contributed by atoms with Crippen molar-refractivity contribution in [3.63, 3.8) is 0 Å². The Hall–Kier alpha value is -0.0800. The Bertz CT molecular complexity index is 236. The minimum Gasteiger partial charge on any atom is -0.375 e. The molecule has 0 aromatic rings. The van der Waals surface area contributed by atoms with E-state index >= 15 is 0 Å². The fraction of sp³-hybridized carbons (Fsp3) is 1.00. The highest BCUT2D eigenvalue weighted by molar-refractivity contribution is 4.77. The van der Waals surface area contributed by atoms with E-state index in [2.05, 4.69) is 46.4 Å². The number of nitrogens with zero attached hydrogens (tertiary/aromatic N) is 1. The number of ether oxygens (including phenoxy) is 1. The molecule has 0 spiro atoms. The van der Waals surface area contributed by atoms with Gasteiger partial charge in [-0.3, -0.25) is 0 Å². The largest absolute Gasteiger partial charge is 0.375 e. The third-order valence-electron chi connectivity index (χ3n) is 3.45. The van der Waals surface area contributed by atoms with Gasteiger partial charge in [-0.2, -0.15) is 0 Å². The van der Waals surface area contributed by atoms with Crippen LogP contribution in [0.1, 0.15) is 60.8 Å². The Morgan fingerprint density at radius 2 is 1.78 bits per heavy atom. The molecule has 0 aromatic carbocycles. The maximum absolute atomic E-state index is 5.83. The fourth-order valence-electron chi connectivity index (χ4n) is 2.87. The third-order valence-corrected chi connectivity index (χ3v) is 3.45. The zero-order valence-corrected chi connectivity index (χ0v) is 13.4. The van der Waals surface area contributed by atoms with Crippen molar-refractivity contribution in [1.82, 2.24) is 4.90 Å². The molecule has 0 N–H and O–H groups in total.